The molecule has 0 spiro atoms. The summed E-state index contributed by atoms with van der Waals surface area (Å²) in [6.07, 6.45) is 0. The first-order valence-electron chi connectivity index (χ1n) is 6.27. The predicted octanol–water partition coefficient (Wildman–Crippen LogP) is 3.78. The Bertz CT molecular complexity index is 568. The number of ether oxygens (including phenoxy) is 1. The second-order valence-electron chi connectivity index (χ2n) is 4.44. The Morgan fingerprint density at radius 3 is 2.53 bits per heavy atom. The summed E-state index contributed by atoms with van der Waals surface area (Å²) in [6.45, 7) is 2.07. The van der Waals surface area contributed by atoms with Crippen LogP contribution in [0.3, 0.4) is 0 Å². The van der Waals surface area contributed by atoms with Crippen LogP contribution in [0.15, 0.2) is 42.5 Å². The van der Waals surface area contributed by atoms with Crippen molar-refractivity contribution in [1.29, 1.82) is 0 Å². The second-order valence-corrected chi connectivity index (χ2v) is 4.44. The lowest BCUT2D eigenvalue weighted by atomic mass is 9.95. The van der Waals surface area contributed by atoms with Crippen LogP contribution in [0.4, 0.5) is 4.39 Å². The van der Waals surface area contributed by atoms with E-state index in [0.717, 1.165) is 16.7 Å². The van der Waals surface area contributed by atoms with Crippen molar-refractivity contribution in [3.05, 3.63) is 53.8 Å². The molecule has 2 nitrogen and oxygen atoms in total. The molecule has 0 heterocycles. The van der Waals surface area contributed by atoms with Crippen molar-refractivity contribution in [2.75, 3.05) is 14.2 Å². The summed E-state index contributed by atoms with van der Waals surface area (Å²) in [6, 6.07) is 12.7. The van der Waals surface area contributed by atoms with Gasteiger partial charge in [-0.3, -0.25) is 0 Å². The smallest absolute Gasteiger partial charge is 0.126 e. The highest BCUT2D eigenvalue weighted by atomic mass is 19.1. The SMILES string of the molecule is CNC(C)c1ccccc1-c1cc(F)ccc1OC. The molecule has 2 rings (SSSR count). The third-order valence-corrected chi connectivity index (χ3v) is 3.31. The Morgan fingerprint density at radius 2 is 1.84 bits per heavy atom. The third kappa shape index (κ3) is 2.76. The second kappa shape index (κ2) is 5.85. The molecule has 1 atom stereocenters. The van der Waals surface area contributed by atoms with Crippen LogP contribution >= 0.6 is 0 Å². The Balaban J connectivity index is 2.61. The van der Waals surface area contributed by atoms with Gasteiger partial charge < -0.3 is 10.1 Å². The molecule has 0 saturated carbocycles. The molecule has 100 valence electrons. The first kappa shape index (κ1) is 13.6. The predicted molar refractivity (Wildman–Crippen MR) is 75.9 cm³/mol. The molecule has 3 heteroatoms. The molecule has 0 aliphatic carbocycles. The van der Waals surface area contributed by atoms with E-state index in [9.17, 15) is 4.39 Å². The summed E-state index contributed by atoms with van der Waals surface area (Å²) < 4.78 is 18.8. The van der Waals surface area contributed by atoms with Gasteiger partial charge in [-0.15, -0.1) is 0 Å². The summed E-state index contributed by atoms with van der Waals surface area (Å²) in [5.74, 6) is 0.417. The fourth-order valence-electron chi connectivity index (χ4n) is 2.17. The standard InChI is InChI=1S/C16H18FNO/c1-11(18-2)13-6-4-5-7-14(13)15-10-12(17)8-9-16(15)19-3/h4-11,18H,1-3H3. The molecule has 0 aliphatic rings. The maximum atomic E-state index is 13.5. The van der Waals surface area contributed by atoms with Crippen LogP contribution in [-0.4, -0.2) is 14.2 Å². The fourth-order valence-corrected chi connectivity index (χ4v) is 2.17. The van der Waals surface area contributed by atoms with Crippen LogP contribution in [0.5, 0.6) is 5.75 Å². The van der Waals surface area contributed by atoms with E-state index in [1.807, 2.05) is 31.3 Å². The summed E-state index contributed by atoms with van der Waals surface area (Å²) in [5.41, 5.74) is 2.88. The van der Waals surface area contributed by atoms with E-state index in [-0.39, 0.29) is 11.9 Å². The molecule has 1 unspecified atom stereocenters. The van der Waals surface area contributed by atoms with Crippen LogP contribution in [0.1, 0.15) is 18.5 Å². The molecule has 0 saturated heterocycles. The zero-order chi connectivity index (χ0) is 13.8. The Labute approximate surface area is 113 Å². The summed E-state index contributed by atoms with van der Waals surface area (Å²) in [7, 11) is 3.51. The Hall–Kier alpha value is -1.87. The van der Waals surface area contributed by atoms with Gasteiger partial charge in [-0.05, 0) is 43.3 Å². The van der Waals surface area contributed by atoms with Gasteiger partial charge >= 0.3 is 0 Å². The van der Waals surface area contributed by atoms with E-state index in [1.54, 1.807) is 13.2 Å². The van der Waals surface area contributed by atoms with E-state index in [1.165, 1.54) is 12.1 Å². The lowest BCUT2D eigenvalue weighted by Crippen LogP contribution is -2.13. The van der Waals surface area contributed by atoms with Crippen LogP contribution in [0.25, 0.3) is 11.1 Å². The molecular weight excluding hydrogens is 241 g/mol. The molecule has 1 N–H and O–H groups in total. The minimum absolute atomic E-state index is 0.184. The number of nitrogens with one attached hydrogen (secondary N) is 1. The molecular formula is C16H18FNO. The van der Waals surface area contributed by atoms with Crippen molar-refractivity contribution in [2.24, 2.45) is 0 Å². The zero-order valence-corrected chi connectivity index (χ0v) is 11.4. The molecule has 0 fully saturated rings. The van der Waals surface area contributed by atoms with Crippen LogP contribution in [0, 0.1) is 5.82 Å². The van der Waals surface area contributed by atoms with Gasteiger partial charge in [-0.2, -0.15) is 0 Å². The number of rotatable bonds is 4. The lowest BCUT2D eigenvalue weighted by molar-refractivity contribution is 0.415. The van der Waals surface area contributed by atoms with Gasteiger partial charge in [-0.1, -0.05) is 24.3 Å². The summed E-state index contributed by atoms with van der Waals surface area (Å²) in [4.78, 5) is 0. The van der Waals surface area contributed by atoms with Crippen molar-refractivity contribution in [3.8, 4) is 16.9 Å². The highest BCUT2D eigenvalue weighted by Crippen LogP contribution is 2.35. The van der Waals surface area contributed by atoms with E-state index < -0.39 is 0 Å². The maximum Gasteiger partial charge on any atom is 0.126 e. The lowest BCUT2D eigenvalue weighted by Gasteiger charge is -2.17. The first-order valence-corrected chi connectivity index (χ1v) is 6.27. The zero-order valence-electron chi connectivity index (χ0n) is 11.4. The fraction of sp³-hybridized carbons (Fsp3) is 0.250. The minimum Gasteiger partial charge on any atom is -0.496 e. The van der Waals surface area contributed by atoms with Crippen molar-refractivity contribution in [3.63, 3.8) is 0 Å². The quantitative estimate of drug-likeness (QED) is 0.902. The molecule has 0 aliphatic heterocycles. The summed E-state index contributed by atoms with van der Waals surface area (Å²) in [5, 5.41) is 3.21. The van der Waals surface area contributed by atoms with Crippen LogP contribution in [-0.2, 0) is 0 Å². The van der Waals surface area contributed by atoms with Crippen LogP contribution in [0.2, 0.25) is 0 Å². The van der Waals surface area contributed by atoms with Gasteiger partial charge in [0.1, 0.15) is 11.6 Å². The number of hydrogen-bond acceptors (Lipinski definition) is 2. The number of hydrogen-bond donors (Lipinski definition) is 1. The van der Waals surface area contributed by atoms with Gasteiger partial charge in [-0.25, -0.2) is 4.39 Å². The minimum atomic E-state index is -0.261. The summed E-state index contributed by atoms with van der Waals surface area (Å²) >= 11 is 0. The van der Waals surface area contributed by atoms with E-state index in [0.29, 0.717) is 5.75 Å². The van der Waals surface area contributed by atoms with E-state index in [2.05, 4.69) is 12.2 Å². The van der Waals surface area contributed by atoms with Gasteiger partial charge in [0.05, 0.1) is 7.11 Å². The average Bonchev–Trinajstić information content (AvgIpc) is 2.46. The van der Waals surface area contributed by atoms with Gasteiger partial charge in [0.2, 0.25) is 0 Å². The average molecular weight is 259 g/mol. The monoisotopic (exact) mass is 259 g/mol. The van der Waals surface area contributed by atoms with Crippen molar-refractivity contribution in [2.45, 2.75) is 13.0 Å². The van der Waals surface area contributed by atoms with E-state index in [4.69, 9.17) is 4.74 Å². The molecule has 0 amide bonds. The highest BCUT2D eigenvalue weighted by molar-refractivity contribution is 5.74. The topological polar surface area (TPSA) is 21.3 Å². The molecule has 0 bridgehead atoms. The number of methoxy groups -OCH3 is 1. The largest absolute Gasteiger partial charge is 0.496 e. The van der Waals surface area contributed by atoms with Crippen molar-refractivity contribution >= 4 is 0 Å². The van der Waals surface area contributed by atoms with Gasteiger partial charge in [0, 0.05) is 11.6 Å². The molecule has 19 heavy (non-hydrogen) atoms. The van der Waals surface area contributed by atoms with Crippen molar-refractivity contribution < 1.29 is 9.13 Å². The Kier molecular flexibility index (Phi) is 4.17. The van der Waals surface area contributed by atoms with Crippen molar-refractivity contribution in [1.82, 2.24) is 5.32 Å². The molecule has 2 aromatic carbocycles. The highest BCUT2D eigenvalue weighted by Gasteiger charge is 2.14. The number of benzene rings is 2. The maximum absolute atomic E-state index is 13.5. The van der Waals surface area contributed by atoms with Gasteiger partial charge in [0.15, 0.2) is 0 Å². The third-order valence-electron chi connectivity index (χ3n) is 3.31. The first-order chi connectivity index (χ1) is 9.17. The molecule has 2 aromatic rings. The Morgan fingerprint density at radius 1 is 1.11 bits per heavy atom. The normalized spacial score (nSPS) is 12.2. The van der Waals surface area contributed by atoms with Crippen LogP contribution < -0.4 is 10.1 Å². The molecule has 0 radical (unpaired) electrons. The molecule has 0 aromatic heterocycles. The van der Waals surface area contributed by atoms with E-state index >= 15 is 0 Å². The number of halogens is 1. The van der Waals surface area contributed by atoms with Gasteiger partial charge in [0.25, 0.3) is 0 Å².